The number of nitrogens with zero attached hydrogens (tertiary/aromatic N) is 1. The van der Waals surface area contributed by atoms with Gasteiger partial charge < -0.3 is 10.1 Å². The molecule has 0 aromatic rings. The number of aliphatic imine (C=N–C) groups is 1. The Labute approximate surface area is 58.9 Å². The topological polar surface area (TPSA) is 71.7 Å². The molecule has 0 aromatic carbocycles. The average molecular weight is 142 g/mol. The van der Waals surface area contributed by atoms with Crippen LogP contribution in [0.4, 0.5) is 0 Å². The summed E-state index contributed by atoms with van der Waals surface area (Å²) in [4.78, 5) is 3.85. The summed E-state index contributed by atoms with van der Waals surface area (Å²) in [6, 6.07) is 0. The second-order valence-electron chi connectivity index (χ2n) is 1.78. The fourth-order valence-electron chi connectivity index (χ4n) is 0.632. The molecule has 0 radical (unpaired) electrons. The van der Waals surface area contributed by atoms with Crippen molar-refractivity contribution in [1.29, 1.82) is 0 Å². The molecule has 0 aliphatic carbocycles. The Morgan fingerprint density at radius 3 is 3.30 bits per heavy atom. The van der Waals surface area contributed by atoms with Crippen LogP contribution in [-0.2, 0) is 4.74 Å². The molecule has 0 bridgehead atoms. The van der Waals surface area contributed by atoms with Crippen LogP contribution < -0.4 is 16.6 Å². The fraction of sp³-hybridized carbons (Fsp3) is 0.400. The third kappa shape index (κ3) is 1.46. The first-order valence-corrected chi connectivity index (χ1v) is 2.87. The minimum absolute atomic E-state index is 0.0903. The standard InChI is InChI=1S/C5H10N4O/c1-10-5-2-4(9-6)7-3-8-5/h2-4,9H,6H2,1H3,(H,7,8). The van der Waals surface area contributed by atoms with E-state index in [1.165, 1.54) is 6.34 Å². The number of nitrogens with two attached hydrogens (primary N) is 1. The Hall–Kier alpha value is -1.07. The molecule has 56 valence electrons. The first-order valence-electron chi connectivity index (χ1n) is 2.87. The molecular weight excluding hydrogens is 132 g/mol. The van der Waals surface area contributed by atoms with Crippen molar-refractivity contribution in [3.8, 4) is 0 Å². The highest BCUT2D eigenvalue weighted by Crippen LogP contribution is 2.00. The van der Waals surface area contributed by atoms with Crippen LogP contribution in [0.3, 0.4) is 0 Å². The zero-order chi connectivity index (χ0) is 7.40. The summed E-state index contributed by atoms with van der Waals surface area (Å²) in [6.07, 6.45) is 3.18. The third-order valence-electron chi connectivity index (χ3n) is 1.14. The van der Waals surface area contributed by atoms with Gasteiger partial charge in [-0.3, -0.25) is 5.84 Å². The van der Waals surface area contributed by atoms with E-state index in [0.29, 0.717) is 5.88 Å². The van der Waals surface area contributed by atoms with Crippen LogP contribution in [0.1, 0.15) is 0 Å². The summed E-state index contributed by atoms with van der Waals surface area (Å²) in [5.41, 5.74) is 2.51. The van der Waals surface area contributed by atoms with Gasteiger partial charge in [-0.1, -0.05) is 0 Å². The smallest absolute Gasteiger partial charge is 0.213 e. The Kier molecular flexibility index (Phi) is 2.24. The van der Waals surface area contributed by atoms with E-state index in [2.05, 4.69) is 15.7 Å². The predicted molar refractivity (Wildman–Crippen MR) is 37.8 cm³/mol. The molecule has 0 saturated carbocycles. The summed E-state index contributed by atoms with van der Waals surface area (Å²) < 4.78 is 4.85. The van der Waals surface area contributed by atoms with Crippen LogP contribution >= 0.6 is 0 Å². The van der Waals surface area contributed by atoms with Crippen molar-refractivity contribution < 1.29 is 4.74 Å². The molecule has 0 amide bonds. The van der Waals surface area contributed by atoms with Gasteiger partial charge in [0.25, 0.3) is 0 Å². The minimum atomic E-state index is -0.0903. The maximum absolute atomic E-state index is 5.15. The number of hydrogen-bond donors (Lipinski definition) is 3. The van der Waals surface area contributed by atoms with E-state index in [1.807, 2.05) is 0 Å². The van der Waals surface area contributed by atoms with Gasteiger partial charge in [0.2, 0.25) is 5.88 Å². The van der Waals surface area contributed by atoms with Crippen LogP contribution in [0.15, 0.2) is 17.0 Å². The molecule has 0 spiro atoms. The molecule has 10 heavy (non-hydrogen) atoms. The molecule has 1 heterocycles. The molecule has 1 aliphatic rings. The molecule has 5 nitrogen and oxygen atoms in total. The quantitative estimate of drug-likeness (QED) is 0.338. The molecular formula is C5H10N4O. The first-order chi connectivity index (χ1) is 4.86. The lowest BCUT2D eigenvalue weighted by molar-refractivity contribution is 0.281. The summed E-state index contributed by atoms with van der Waals surface area (Å²) in [5, 5.41) is 2.85. The normalized spacial score (nSPS) is 23.4. The van der Waals surface area contributed by atoms with Crippen molar-refractivity contribution in [2.24, 2.45) is 10.8 Å². The monoisotopic (exact) mass is 142 g/mol. The molecule has 0 fully saturated rings. The zero-order valence-corrected chi connectivity index (χ0v) is 5.66. The van der Waals surface area contributed by atoms with Crippen LogP contribution in [0.5, 0.6) is 0 Å². The van der Waals surface area contributed by atoms with Gasteiger partial charge in [-0.25, -0.2) is 10.4 Å². The van der Waals surface area contributed by atoms with E-state index in [0.717, 1.165) is 0 Å². The van der Waals surface area contributed by atoms with Gasteiger partial charge >= 0.3 is 0 Å². The van der Waals surface area contributed by atoms with Gasteiger partial charge in [-0.05, 0) is 0 Å². The van der Waals surface area contributed by atoms with E-state index in [4.69, 9.17) is 10.6 Å². The van der Waals surface area contributed by atoms with E-state index in [-0.39, 0.29) is 6.17 Å². The number of rotatable bonds is 2. The maximum Gasteiger partial charge on any atom is 0.213 e. The summed E-state index contributed by atoms with van der Waals surface area (Å²) in [5.74, 6) is 5.70. The zero-order valence-electron chi connectivity index (χ0n) is 5.66. The maximum atomic E-state index is 5.15. The van der Waals surface area contributed by atoms with Crippen LogP contribution in [0.2, 0.25) is 0 Å². The van der Waals surface area contributed by atoms with Gasteiger partial charge in [0, 0.05) is 6.08 Å². The lowest BCUT2D eigenvalue weighted by atomic mass is 10.4. The van der Waals surface area contributed by atoms with Gasteiger partial charge in [0.15, 0.2) is 0 Å². The highest BCUT2D eigenvalue weighted by Gasteiger charge is 2.05. The third-order valence-corrected chi connectivity index (χ3v) is 1.14. The van der Waals surface area contributed by atoms with E-state index in [9.17, 15) is 0 Å². The van der Waals surface area contributed by atoms with Gasteiger partial charge in [0.05, 0.1) is 13.4 Å². The molecule has 0 saturated heterocycles. The van der Waals surface area contributed by atoms with Gasteiger partial charge in [-0.15, -0.1) is 0 Å². The van der Waals surface area contributed by atoms with Crippen molar-refractivity contribution >= 4 is 6.34 Å². The Balaban J connectivity index is 2.56. The average Bonchev–Trinajstić information content (AvgIpc) is 2.05. The summed E-state index contributed by atoms with van der Waals surface area (Å²) in [7, 11) is 1.56. The predicted octanol–water partition coefficient (Wildman–Crippen LogP) is -1.10. The highest BCUT2D eigenvalue weighted by atomic mass is 16.5. The summed E-state index contributed by atoms with van der Waals surface area (Å²) >= 11 is 0. The van der Waals surface area contributed by atoms with Crippen LogP contribution in [-0.4, -0.2) is 19.6 Å². The molecule has 1 atom stereocenters. The Morgan fingerprint density at radius 1 is 1.90 bits per heavy atom. The lowest BCUT2D eigenvalue weighted by Crippen LogP contribution is -2.45. The Bertz CT molecular complexity index is 165. The minimum Gasteiger partial charge on any atom is -0.481 e. The number of methoxy groups -OCH3 is 1. The molecule has 4 N–H and O–H groups in total. The molecule has 0 aromatic heterocycles. The number of hydrogen-bond acceptors (Lipinski definition) is 5. The van der Waals surface area contributed by atoms with Gasteiger partial charge in [0.1, 0.15) is 6.17 Å². The van der Waals surface area contributed by atoms with Crippen molar-refractivity contribution in [1.82, 2.24) is 10.7 Å². The van der Waals surface area contributed by atoms with E-state index < -0.39 is 0 Å². The van der Waals surface area contributed by atoms with Crippen molar-refractivity contribution in [2.75, 3.05) is 7.11 Å². The van der Waals surface area contributed by atoms with E-state index >= 15 is 0 Å². The molecule has 5 heteroatoms. The summed E-state index contributed by atoms with van der Waals surface area (Å²) in [6.45, 7) is 0. The molecule has 1 aliphatic heterocycles. The highest BCUT2D eigenvalue weighted by molar-refractivity contribution is 5.58. The van der Waals surface area contributed by atoms with Crippen molar-refractivity contribution in [3.05, 3.63) is 12.0 Å². The fourth-order valence-corrected chi connectivity index (χ4v) is 0.632. The second kappa shape index (κ2) is 3.19. The molecule has 1 unspecified atom stereocenters. The number of nitrogens with one attached hydrogen (secondary N) is 2. The van der Waals surface area contributed by atoms with Crippen molar-refractivity contribution in [3.63, 3.8) is 0 Å². The lowest BCUT2D eigenvalue weighted by Gasteiger charge is -2.15. The largest absolute Gasteiger partial charge is 0.481 e. The van der Waals surface area contributed by atoms with Crippen molar-refractivity contribution in [2.45, 2.75) is 6.17 Å². The Morgan fingerprint density at radius 2 is 2.70 bits per heavy atom. The first kappa shape index (κ1) is 7.04. The van der Waals surface area contributed by atoms with Crippen LogP contribution in [0.25, 0.3) is 0 Å². The second-order valence-corrected chi connectivity index (χ2v) is 1.78. The molecule has 1 rings (SSSR count). The van der Waals surface area contributed by atoms with Crippen LogP contribution in [0, 0.1) is 0 Å². The SMILES string of the molecule is COC1=CC(NN)NC=N1. The van der Waals surface area contributed by atoms with E-state index in [1.54, 1.807) is 13.2 Å². The number of ether oxygens (including phenoxy) is 1. The van der Waals surface area contributed by atoms with Gasteiger partial charge in [-0.2, -0.15) is 0 Å². The number of hydrazine groups is 1.